The number of aryl methyl sites for hydroxylation is 1. The van der Waals surface area contributed by atoms with Gasteiger partial charge in [0.2, 0.25) is 0 Å². The summed E-state index contributed by atoms with van der Waals surface area (Å²) >= 11 is 1.52. The van der Waals surface area contributed by atoms with Gasteiger partial charge in [0.15, 0.2) is 0 Å². The molecule has 0 bridgehead atoms. The first-order chi connectivity index (χ1) is 12.6. The number of carbonyl (C=O) groups excluding carboxylic acids is 2. The number of nitrogens with one attached hydrogen (secondary N) is 3. The molecule has 9 heteroatoms. The van der Waals surface area contributed by atoms with Gasteiger partial charge in [-0.05, 0) is 57.4 Å². The fraction of sp³-hybridized carbons (Fsp3) is 0.421. The maximum Gasteiger partial charge on any atom is 0.257 e. The highest BCUT2D eigenvalue weighted by atomic mass is 35.5. The molecular weight excluding hydrogens is 419 g/mol. The average molecular weight is 445 g/mol. The number of aromatic nitrogens is 1. The Morgan fingerprint density at radius 3 is 2.64 bits per heavy atom. The smallest absolute Gasteiger partial charge is 0.257 e. The predicted octanol–water partition coefficient (Wildman–Crippen LogP) is 3.46. The summed E-state index contributed by atoms with van der Waals surface area (Å²) in [5.74, 6) is -0.359. The summed E-state index contributed by atoms with van der Waals surface area (Å²) in [5, 5.41) is 9.66. The van der Waals surface area contributed by atoms with Crippen molar-refractivity contribution in [3.8, 4) is 0 Å². The van der Waals surface area contributed by atoms with E-state index in [4.69, 9.17) is 0 Å². The van der Waals surface area contributed by atoms with Gasteiger partial charge in [-0.25, -0.2) is 0 Å². The molecule has 3 rings (SSSR count). The molecule has 28 heavy (non-hydrogen) atoms. The zero-order valence-electron chi connectivity index (χ0n) is 15.9. The van der Waals surface area contributed by atoms with Gasteiger partial charge in [0.25, 0.3) is 11.8 Å². The normalized spacial score (nSPS) is 13.4. The van der Waals surface area contributed by atoms with E-state index in [0.29, 0.717) is 22.7 Å². The highest BCUT2D eigenvalue weighted by molar-refractivity contribution is 7.17. The Balaban J connectivity index is 0.00000196. The van der Waals surface area contributed by atoms with Crippen LogP contribution in [0.3, 0.4) is 0 Å². The lowest BCUT2D eigenvalue weighted by molar-refractivity contribution is 0.0950. The van der Waals surface area contributed by atoms with Crippen LogP contribution in [0.4, 0.5) is 5.00 Å². The lowest BCUT2D eigenvalue weighted by atomic mass is 9.95. The molecule has 0 spiro atoms. The van der Waals surface area contributed by atoms with E-state index in [-0.39, 0.29) is 42.7 Å². The van der Waals surface area contributed by atoms with Crippen molar-refractivity contribution < 1.29 is 9.59 Å². The van der Waals surface area contributed by atoms with Crippen LogP contribution in [0.25, 0.3) is 0 Å². The van der Waals surface area contributed by atoms with Gasteiger partial charge < -0.3 is 16.0 Å². The number of amides is 2. The number of anilines is 1. The minimum atomic E-state index is -0.241. The van der Waals surface area contributed by atoms with E-state index in [1.54, 1.807) is 18.3 Å². The Labute approximate surface area is 181 Å². The van der Waals surface area contributed by atoms with Gasteiger partial charge in [0, 0.05) is 29.9 Å². The van der Waals surface area contributed by atoms with Gasteiger partial charge in [-0.15, -0.1) is 36.2 Å². The molecule has 1 aliphatic rings. The van der Waals surface area contributed by atoms with Crippen molar-refractivity contribution in [2.45, 2.75) is 38.6 Å². The van der Waals surface area contributed by atoms with E-state index in [1.807, 2.05) is 14.0 Å². The number of halogens is 2. The zero-order chi connectivity index (χ0) is 18.5. The summed E-state index contributed by atoms with van der Waals surface area (Å²) in [4.78, 5) is 30.6. The first kappa shape index (κ1) is 24.4. The van der Waals surface area contributed by atoms with E-state index >= 15 is 0 Å². The second-order valence-corrected chi connectivity index (χ2v) is 7.62. The van der Waals surface area contributed by atoms with Crippen LogP contribution in [0.15, 0.2) is 24.5 Å². The third-order valence-corrected chi connectivity index (χ3v) is 5.82. The highest BCUT2D eigenvalue weighted by Crippen LogP contribution is 2.38. The molecule has 0 aromatic carbocycles. The number of nitrogens with zero attached hydrogens (tertiary/aromatic N) is 1. The van der Waals surface area contributed by atoms with Gasteiger partial charge >= 0.3 is 0 Å². The van der Waals surface area contributed by atoms with Crippen molar-refractivity contribution in [3.05, 3.63) is 46.1 Å². The monoisotopic (exact) mass is 444 g/mol. The van der Waals surface area contributed by atoms with Crippen molar-refractivity contribution in [1.82, 2.24) is 15.6 Å². The van der Waals surface area contributed by atoms with Crippen LogP contribution < -0.4 is 16.0 Å². The quantitative estimate of drug-likeness (QED) is 0.636. The van der Waals surface area contributed by atoms with Crippen LogP contribution in [0.1, 0.15) is 50.9 Å². The van der Waals surface area contributed by atoms with Gasteiger partial charge in [0.05, 0.1) is 11.1 Å². The number of likely N-dealkylation sites (N-methyl/N-ethyl adjacent to an activating group) is 1. The van der Waals surface area contributed by atoms with Gasteiger partial charge in [0.1, 0.15) is 5.00 Å². The summed E-state index contributed by atoms with van der Waals surface area (Å²) in [6.07, 6.45) is 7.21. The van der Waals surface area contributed by atoms with Crippen LogP contribution in [-0.4, -0.2) is 36.4 Å². The van der Waals surface area contributed by atoms with Crippen LogP contribution in [0.5, 0.6) is 0 Å². The molecule has 3 N–H and O–H groups in total. The standard InChI is InChI=1S/C19H24N4O2S.2ClH/c1-12(20-2)10-22-18(25)16-14-7-3-4-8-15(14)26-19(16)23-17(24)13-6-5-9-21-11-13;;/h5-6,9,11-12,20H,3-4,7-8,10H2,1-2H3,(H,22,25)(H,23,24);2*1H. The average Bonchev–Trinajstić information content (AvgIpc) is 3.04. The molecule has 154 valence electrons. The van der Waals surface area contributed by atoms with E-state index in [1.165, 1.54) is 22.4 Å². The second kappa shape index (κ2) is 11.4. The summed E-state index contributed by atoms with van der Waals surface area (Å²) in [6, 6.07) is 3.62. The van der Waals surface area contributed by atoms with Crippen LogP contribution in [-0.2, 0) is 12.8 Å². The molecule has 1 unspecified atom stereocenters. The molecule has 2 aromatic heterocycles. The second-order valence-electron chi connectivity index (χ2n) is 6.51. The maximum absolute atomic E-state index is 12.8. The van der Waals surface area contributed by atoms with Crippen molar-refractivity contribution >= 4 is 53.0 Å². The number of carbonyl (C=O) groups is 2. The van der Waals surface area contributed by atoms with Crippen molar-refractivity contribution in [3.63, 3.8) is 0 Å². The summed E-state index contributed by atoms with van der Waals surface area (Å²) < 4.78 is 0. The molecule has 0 saturated carbocycles. The van der Waals surface area contributed by atoms with Gasteiger partial charge in [-0.2, -0.15) is 0 Å². The number of pyridine rings is 1. The number of hydrogen-bond acceptors (Lipinski definition) is 5. The fourth-order valence-electron chi connectivity index (χ4n) is 3.00. The molecular formula is C19H26Cl2N4O2S. The molecule has 2 amide bonds. The Kier molecular flexibility index (Phi) is 9.89. The Morgan fingerprint density at radius 2 is 1.96 bits per heavy atom. The molecule has 0 aliphatic heterocycles. The number of thiophene rings is 1. The lowest BCUT2D eigenvalue weighted by Crippen LogP contribution is -2.37. The third-order valence-electron chi connectivity index (χ3n) is 4.61. The molecule has 2 heterocycles. The van der Waals surface area contributed by atoms with Crippen molar-refractivity contribution in [2.75, 3.05) is 18.9 Å². The van der Waals surface area contributed by atoms with Gasteiger partial charge in [-0.1, -0.05) is 0 Å². The van der Waals surface area contributed by atoms with E-state index < -0.39 is 0 Å². The number of hydrogen-bond donors (Lipinski definition) is 3. The molecule has 0 fully saturated rings. The largest absolute Gasteiger partial charge is 0.350 e. The topological polar surface area (TPSA) is 83.1 Å². The minimum absolute atomic E-state index is 0. The molecule has 0 radical (unpaired) electrons. The van der Waals surface area contributed by atoms with E-state index in [0.717, 1.165) is 31.2 Å². The van der Waals surface area contributed by atoms with Crippen molar-refractivity contribution in [2.24, 2.45) is 0 Å². The summed E-state index contributed by atoms with van der Waals surface area (Å²) in [6.45, 7) is 2.55. The summed E-state index contributed by atoms with van der Waals surface area (Å²) in [7, 11) is 1.86. The van der Waals surface area contributed by atoms with Crippen LogP contribution in [0, 0.1) is 0 Å². The van der Waals surface area contributed by atoms with Crippen LogP contribution in [0.2, 0.25) is 0 Å². The van der Waals surface area contributed by atoms with Crippen LogP contribution >= 0.6 is 36.2 Å². The van der Waals surface area contributed by atoms with Gasteiger partial charge in [-0.3, -0.25) is 14.6 Å². The number of rotatable bonds is 6. The molecule has 1 aliphatic carbocycles. The van der Waals surface area contributed by atoms with E-state index in [9.17, 15) is 9.59 Å². The Hall–Kier alpha value is -1.67. The lowest BCUT2D eigenvalue weighted by Gasteiger charge is -2.15. The zero-order valence-corrected chi connectivity index (χ0v) is 18.4. The fourth-order valence-corrected chi connectivity index (χ4v) is 4.28. The number of fused-ring (bicyclic) bond motifs is 1. The maximum atomic E-state index is 12.8. The minimum Gasteiger partial charge on any atom is -0.350 e. The first-order valence-corrected chi connectivity index (χ1v) is 9.73. The third kappa shape index (κ3) is 5.67. The molecule has 0 saturated heterocycles. The van der Waals surface area contributed by atoms with Crippen molar-refractivity contribution in [1.29, 1.82) is 0 Å². The summed E-state index contributed by atoms with van der Waals surface area (Å²) in [5.41, 5.74) is 2.21. The molecule has 1 atom stereocenters. The SMILES string of the molecule is CNC(C)CNC(=O)c1c(NC(=O)c2cccnc2)sc2c1CCCC2.Cl.Cl. The Morgan fingerprint density at radius 1 is 1.21 bits per heavy atom. The Bertz CT molecular complexity index is 799. The molecule has 6 nitrogen and oxygen atoms in total. The highest BCUT2D eigenvalue weighted by Gasteiger charge is 2.26. The van der Waals surface area contributed by atoms with E-state index in [2.05, 4.69) is 20.9 Å². The first-order valence-electron chi connectivity index (χ1n) is 8.91. The molecule has 2 aromatic rings. The predicted molar refractivity (Wildman–Crippen MR) is 119 cm³/mol.